The Balaban J connectivity index is 2.60. The third-order valence-corrected chi connectivity index (χ3v) is 2.18. The second-order valence-electron chi connectivity index (χ2n) is 3.61. The highest BCUT2D eigenvalue weighted by molar-refractivity contribution is 5.83. The lowest BCUT2D eigenvalue weighted by atomic mass is 10.1. The number of hydrogen-bond donors (Lipinski definition) is 1. The fourth-order valence-electron chi connectivity index (χ4n) is 1.35. The van der Waals surface area contributed by atoms with Crippen molar-refractivity contribution < 1.29 is 27.5 Å². The van der Waals surface area contributed by atoms with Crippen molar-refractivity contribution in [2.45, 2.75) is 13.3 Å². The summed E-state index contributed by atoms with van der Waals surface area (Å²) in [5.74, 6) is -4.79. The van der Waals surface area contributed by atoms with Crippen LogP contribution in [0.25, 0.3) is 0 Å². The van der Waals surface area contributed by atoms with Gasteiger partial charge in [0.2, 0.25) is 5.91 Å². The van der Waals surface area contributed by atoms with Crippen LogP contribution in [0, 0.1) is 17.5 Å². The van der Waals surface area contributed by atoms with Crippen LogP contribution < -0.4 is 5.32 Å². The Kier molecular flexibility index (Phi) is 5.35. The van der Waals surface area contributed by atoms with Crippen LogP contribution in [0.4, 0.5) is 13.2 Å². The quantitative estimate of drug-likeness (QED) is 0.825. The molecule has 0 aliphatic heterocycles. The summed E-state index contributed by atoms with van der Waals surface area (Å²) in [6.45, 7) is 1.37. The Hall–Kier alpha value is -2.05. The summed E-state index contributed by atoms with van der Waals surface area (Å²) < 4.78 is 43.7. The van der Waals surface area contributed by atoms with Gasteiger partial charge < -0.3 is 10.1 Å². The lowest BCUT2D eigenvalue weighted by molar-refractivity contribution is -0.143. The first-order chi connectivity index (χ1) is 8.93. The number of ether oxygens (including phenoxy) is 1. The van der Waals surface area contributed by atoms with Crippen LogP contribution >= 0.6 is 0 Å². The van der Waals surface area contributed by atoms with Crippen LogP contribution in [0.2, 0.25) is 0 Å². The molecule has 104 valence electrons. The van der Waals surface area contributed by atoms with Crippen molar-refractivity contribution in [3.63, 3.8) is 0 Å². The van der Waals surface area contributed by atoms with E-state index in [1.165, 1.54) is 0 Å². The van der Waals surface area contributed by atoms with Crippen molar-refractivity contribution in [2.75, 3.05) is 13.2 Å². The normalized spacial score (nSPS) is 10.1. The number of rotatable bonds is 5. The fraction of sp³-hybridized carbons (Fsp3) is 0.333. The summed E-state index contributed by atoms with van der Waals surface area (Å²) in [5, 5.41) is 2.14. The average molecular weight is 275 g/mol. The summed E-state index contributed by atoms with van der Waals surface area (Å²) >= 11 is 0. The van der Waals surface area contributed by atoms with E-state index in [1.807, 2.05) is 0 Å². The van der Waals surface area contributed by atoms with Gasteiger partial charge in [0.1, 0.15) is 24.0 Å². The van der Waals surface area contributed by atoms with Crippen LogP contribution in [-0.2, 0) is 20.7 Å². The Morgan fingerprint density at radius 2 is 1.79 bits per heavy atom. The highest BCUT2D eigenvalue weighted by Gasteiger charge is 2.15. The molecule has 0 aromatic heterocycles. The maximum absolute atomic E-state index is 13.2. The molecule has 1 rings (SSSR count). The monoisotopic (exact) mass is 275 g/mol. The minimum atomic E-state index is -1.15. The predicted molar refractivity (Wildman–Crippen MR) is 59.7 cm³/mol. The molecule has 0 aliphatic rings. The van der Waals surface area contributed by atoms with E-state index in [-0.39, 0.29) is 6.61 Å². The van der Waals surface area contributed by atoms with Crippen molar-refractivity contribution >= 4 is 11.9 Å². The molecule has 0 saturated carbocycles. The lowest BCUT2D eigenvalue weighted by Gasteiger charge is -2.07. The second kappa shape index (κ2) is 6.77. The maximum atomic E-state index is 13.2. The molecule has 0 bridgehead atoms. The summed E-state index contributed by atoms with van der Waals surface area (Å²) in [6, 6.07) is 0.966. The van der Waals surface area contributed by atoms with E-state index in [2.05, 4.69) is 10.1 Å². The number of benzene rings is 1. The molecule has 7 heteroatoms. The van der Waals surface area contributed by atoms with Crippen molar-refractivity contribution in [3.05, 3.63) is 35.1 Å². The molecule has 4 nitrogen and oxygen atoms in total. The minimum absolute atomic E-state index is 0.163. The van der Waals surface area contributed by atoms with Gasteiger partial charge in [-0.1, -0.05) is 0 Å². The summed E-state index contributed by atoms with van der Waals surface area (Å²) in [4.78, 5) is 22.3. The zero-order valence-corrected chi connectivity index (χ0v) is 10.1. The third kappa shape index (κ3) is 4.61. The van der Waals surface area contributed by atoms with E-state index in [0.29, 0.717) is 12.1 Å². The Bertz CT molecular complexity index is 468. The fourth-order valence-corrected chi connectivity index (χ4v) is 1.35. The number of carbonyl (C=O) groups is 2. The topological polar surface area (TPSA) is 55.4 Å². The first-order valence-electron chi connectivity index (χ1n) is 5.49. The Morgan fingerprint density at radius 3 is 2.32 bits per heavy atom. The number of carbonyl (C=O) groups excluding carboxylic acids is 2. The van der Waals surface area contributed by atoms with E-state index >= 15 is 0 Å². The molecule has 0 heterocycles. The maximum Gasteiger partial charge on any atom is 0.325 e. The first-order valence-corrected chi connectivity index (χ1v) is 5.49. The molecule has 0 fully saturated rings. The van der Waals surface area contributed by atoms with Gasteiger partial charge in [0.25, 0.3) is 0 Å². The third-order valence-electron chi connectivity index (χ3n) is 2.18. The average Bonchev–Trinajstić information content (AvgIpc) is 2.31. The van der Waals surface area contributed by atoms with E-state index in [4.69, 9.17) is 0 Å². The molecule has 0 aliphatic carbocycles. The van der Waals surface area contributed by atoms with Crippen molar-refractivity contribution in [1.29, 1.82) is 0 Å². The zero-order valence-electron chi connectivity index (χ0n) is 10.1. The van der Waals surface area contributed by atoms with Gasteiger partial charge in [-0.15, -0.1) is 0 Å². The molecular formula is C12H12F3NO3. The standard InChI is InChI=1S/C12H12F3NO3/c1-2-19-12(18)6-16-11(17)5-8-9(14)3-7(13)4-10(8)15/h3-4H,2,5-6H2,1H3,(H,16,17). The number of esters is 1. The highest BCUT2D eigenvalue weighted by atomic mass is 19.1. The van der Waals surface area contributed by atoms with E-state index in [1.54, 1.807) is 6.92 Å². The lowest BCUT2D eigenvalue weighted by Crippen LogP contribution is -2.32. The minimum Gasteiger partial charge on any atom is -0.465 e. The van der Waals surface area contributed by atoms with Gasteiger partial charge in [0, 0.05) is 17.7 Å². The molecule has 0 spiro atoms. The van der Waals surface area contributed by atoms with Gasteiger partial charge in [-0.05, 0) is 6.92 Å². The van der Waals surface area contributed by atoms with Crippen LogP contribution in [0.5, 0.6) is 0 Å². The zero-order chi connectivity index (χ0) is 14.4. The van der Waals surface area contributed by atoms with Crippen LogP contribution in [-0.4, -0.2) is 25.0 Å². The van der Waals surface area contributed by atoms with E-state index < -0.39 is 47.9 Å². The molecule has 1 aromatic carbocycles. The van der Waals surface area contributed by atoms with Gasteiger partial charge in [-0.2, -0.15) is 0 Å². The summed E-state index contributed by atoms with van der Waals surface area (Å²) in [7, 11) is 0. The van der Waals surface area contributed by atoms with Gasteiger partial charge in [-0.3, -0.25) is 9.59 Å². The molecule has 0 radical (unpaired) electrons. The van der Waals surface area contributed by atoms with Crippen molar-refractivity contribution in [1.82, 2.24) is 5.32 Å². The molecule has 1 aromatic rings. The number of nitrogens with one attached hydrogen (secondary N) is 1. The van der Waals surface area contributed by atoms with Gasteiger partial charge >= 0.3 is 5.97 Å². The van der Waals surface area contributed by atoms with Crippen molar-refractivity contribution in [2.24, 2.45) is 0 Å². The molecule has 0 unspecified atom stereocenters. The Labute approximate surface area is 107 Å². The van der Waals surface area contributed by atoms with Gasteiger partial charge in [0.05, 0.1) is 13.0 Å². The molecular weight excluding hydrogens is 263 g/mol. The van der Waals surface area contributed by atoms with Crippen LogP contribution in [0.1, 0.15) is 12.5 Å². The summed E-state index contributed by atoms with van der Waals surface area (Å²) in [6.07, 6.45) is -0.628. The SMILES string of the molecule is CCOC(=O)CNC(=O)Cc1c(F)cc(F)cc1F. The molecule has 0 atom stereocenters. The highest BCUT2D eigenvalue weighted by Crippen LogP contribution is 2.15. The van der Waals surface area contributed by atoms with Gasteiger partial charge in [-0.25, -0.2) is 13.2 Å². The van der Waals surface area contributed by atoms with E-state index in [9.17, 15) is 22.8 Å². The second-order valence-corrected chi connectivity index (χ2v) is 3.61. The van der Waals surface area contributed by atoms with Crippen LogP contribution in [0.15, 0.2) is 12.1 Å². The Morgan fingerprint density at radius 1 is 1.21 bits per heavy atom. The predicted octanol–water partition coefficient (Wildman–Crippen LogP) is 1.33. The molecule has 0 saturated heterocycles. The largest absolute Gasteiger partial charge is 0.465 e. The van der Waals surface area contributed by atoms with Gasteiger partial charge in [0.15, 0.2) is 0 Å². The smallest absolute Gasteiger partial charge is 0.325 e. The number of hydrogen-bond acceptors (Lipinski definition) is 3. The number of halogens is 3. The summed E-state index contributed by atoms with van der Waals surface area (Å²) in [5.41, 5.74) is -0.553. The number of amides is 1. The molecule has 1 amide bonds. The molecule has 1 N–H and O–H groups in total. The van der Waals surface area contributed by atoms with E-state index in [0.717, 1.165) is 0 Å². The first kappa shape index (κ1) is 15.0. The van der Waals surface area contributed by atoms with Crippen LogP contribution in [0.3, 0.4) is 0 Å². The molecule has 19 heavy (non-hydrogen) atoms. The van der Waals surface area contributed by atoms with Crippen molar-refractivity contribution in [3.8, 4) is 0 Å².